The molecule has 2 aromatic rings. The average Bonchev–Trinajstić information content (AvgIpc) is 3.58. The Morgan fingerprint density at radius 2 is 1.89 bits per heavy atom. The molecule has 0 bridgehead atoms. The van der Waals surface area contributed by atoms with Crippen LogP contribution in [0, 0.1) is 5.92 Å². The zero-order valence-electron chi connectivity index (χ0n) is 15.8. The van der Waals surface area contributed by atoms with Gasteiger partial charge in [-0.2, -0.15) is 4.31 Å². The van der Waals surface area contributed by atoms with Crippen molar-refractivity contribution < 1.29 is 13.2 Å². The van der Waals surface area contributed by atoms with Crippen LogP contribution in [-0.4, -0.2) is 47.6 Å². The van der Waals surface area contributed by atoms with Crippen LogP contribution >= 0.6 is 0 Å². The lowest BCUT2D eigenvalue weighted by Crippen LogP contribution is -2.47. The lowest BCUT2D eigenvalue weighted by molar-refractivity contribution is -0.138. The summed E-state index contributed by atoms with van der Waals surface area (Å²) >= 11 is 0. The van der Waals surface area contributed by atoms with Crippen molar-refractivity contribution in [1.82, 2.24) is 14.2 Å². The van der Waals surface area contributed by atoms with Crippen LogP contribution in [0.25, 0.3) is 0 Å². The van der Waals surface area contributed by atoms with E-state index in [4.69, 9.17) is 0 Å². The lowest BCUT2D eigenvalue weighted by Gasteiger charge is -2.34. The Balaban J connectivity index is 1.49. The molecule has 1 aliphatic carbocycles. The van der Waals surface area contributed by atoms with Gasteiger partial charge < -0.3 is 4.90 Å². The first-order valence-electron chi connectivity index (χ1n) is 9.80. The minimum atomic E-state index is -3.57. The van der Waals surface area contributed by atoms with E-state index in [1.807, 2.05) is 17.0 Å². The average molecular weight is 400 g/mol. The first-order valence-corrected chi connectivity index (χ1v) is 11.2. The zero-order chi connectivity index (χ0) is 19.6. The molecule has 0 spiro atoms. The highest BCUT2D eigenvalue weighted by Crippen LogP contribution is 2.32. The zero-order valence-corrected chi connectivity index (χ0v) is 16.6. The minimum absolute atomic E-state index is 0.0688. The fourth-order valence-corrected chi connectivity index (χ4v) is 5.34. The first-order chi connectivity index (χ1) is 13.6. The molecular formula is C21H25N3O3S. The van der Waals surface area contributed by atoms with Gasteiger partial charge in [-0.15, -0.1) is 0 Å². The fraction of sp³-hybridized carbons (Fsp3) is 0.429. The van der Waals surface area contributed by atoms with Gasteiger partial charge in [-0.3, -0.25) is 9.78 Å². The number of nitrogens with zero attached hydrogens (tertiary/aromatic N) is 3. The van der Waals surface area contributed by atoms with Gasteiger partial charge in [-0.25, -0.2) is 8.42 Å². The predicted molar refractivity (Wildman–Crippen MR) is 106 cm³/mol. The van der Waals surface area contributed by atoms with Crippen molar-refractivity contribution in [3.63, 3.8) is 0 Å². The second kappa shape index (κ2) is 8.01. The summed E-state index contributed by atoms with van der Waals surface area (Å²) in [4.78, 5) is 19.6. The predicted octanol–water partition coefficient (Wildman–Crippen LogP) is 2.67. The number of pyridine rings is 1. The van der Waals surface area contributed by atoms with E-state index in [1.165, 1.54) is 4.31 Å². The molecule has 1 amide bonds. The van der Waals surface area contributed by atoms with E-state index < -0.39 is 10.0 Å². The normalized spacial score (nSPS) is 20.6. The van der Waals surface area contributed by atoms with Gasteiger partial charge in [-0.1, -0.05) is 24.3 Å². The van der Waals surface area contributed by atoms with Crippen LogP contribution in [-0.2, 0) is 21.4 Å². The molecule has 1 unspecified atom stereocenters. The second-order valence-corrected chi connectivity index (χ2v) is 9.51. The molecule has 1 aromatic carbocycles. The monoisotopic (exact) mass is 399 g/mol. The highest BCUT2D eigenvalue weighted by molar-refractivity contribution is 7.89. The van der Waals surface area contributed by atoms with Crippen LogP contribution in [0.2, 0.25) is 0 Å². The molecule has 1 saturated carbocycles. The maximum atomic E-state index is 13.3. The van der Waals surface area contributed by atoms with Gasteiger partial charge >= 0.3 is 0 Å². The van der Waals surface area contributed by atoms with Gasteiger partial charge in [-0.05, 0) is 49.4 Å². The number of piperidine rings is 1. The molecule has 7 heteroatoms. The molecule has 148 valence electrons. The third-order valence-corrected chi connectivity index (χ3v) is 7.34. The van der Waals surface area contributed by atoms with E-state index in [0.29, 0.717) is 19.5 Å². The number of carbonyl (C=O) groups is 1. The smallest absolute Gasteiger partial charge is 0.243 e. The second-order valence-electron chi connectivity index (χ2n) is 7.57. The van der Waals surface area contributed by atoms with Crippen LogP contribution in [0.4, 0.5) is 0 Å². The van der Waals surface area contributed by atoms with Gasteiger partial charge in [0.15, 0.2) is 0 Å². The first kappa shape index (κ1) is 19.1. The van der Waals surface area contributed by atoms with Crippen LogP contribution in [0.3, 0.4) is 0 Å². The molecular weight excluding hydrogens is 374 g/mol. The number of aromatic nitrogens is 1. The van der Waals surface area contributed by atoms with Crippen molar-refractivity contribution in [1.29, 1.82) is 0 Å². The highest BCUT2D eigenvalue weighted by Gasteiger charge is 2.39. The van der Waals surface area contributed by atoms with Gasteiger partial charge in [0.25, 0.3) is 0 Å². The molecule has 1 aliphatic heterocycles. The van der Waals surface area contributed by atoms with Gasteiger partial charge in [0.1, 0.15) is 0 Å². The van der Waals surface area contributed by atoms with Crippen molar-refractivity contribution in [2.45, 2.75) is 43.2 Å². The van der Waals surface area contributed by atoms with Crippen LogP contribution in [0.5, 0.6) is 0 Å². The SMILES string of the molecule is O=C(C1CCCN(S(=O)(=O)c2ccccc2)C1)N(Cc1cccnc1)C1CC1. The summed E-state index contributed by atoms with van der Waals surface area (Å²) in [7, 11) is -3.57. The number of rotatable bonds is 6. The molecule has 28 heavy (non-hydrogen) atoms. The third-order valence-electron chi connectivity index (χ3n) is 5.46. The summed E-state index contributed by atoms with van der Waals surface area (Å²) in [5, 5.41) is 0. The quantitative estimate of drug-likeness (QED) is 0.749. The Hall–Kier alpha value is -2.25. The molecule has 2 fully saturated rings. The van der Waals surface area contributed by atoms with Crippen molar-refractivity contribution in [2.24, 2.45) is 5.92 Å². The number of hydrogen-bond acceptors (Lipinski definition) is 4. The molecule has 0 N–H and O–H groups in total. The molecule has 6 nitrogen and oxygen atoms in total. The summed E-state index contributed by atoms with van der Waals surface area (Å²) < 4.78 is 27.4. The highest BCUT2D eigenvalue weighted by atomic mass is 32.2. The van der Waals surface area contributed by atoms with E-state index in [9.17, 15) is 13.2 Å². The van der Waals surface area contributed by atoms with E-state index in [1.54, 1.807) is 42.7 Å². The third kappa shape index (κ3) is 4.10. The van der Waals surface area contributed by atoms with Crippen LogP contribution in [0.1, 0.15) is 31.2 Å². The molecule has 2 heterocycles. The lowest BCUT2D eigenvalue weighted by atomic mass is 9.97. The number of sulfonamides is 1. The maximum absolute atomic E-state index is 13.3. The maximum Gasteiger partial charge on any atom is 0.243 e. The number of hydrogen-bond donors (Lipinski definition) is 0. The molecule has 2 aliphatic rings. The topological polar surface area (TPSA) is 70.6 Å². The molecule has 0 radical (unpaired) electrons. The number of carbonyl (C=O) groups excluding carboxylic acids is 1. The van der Waals surface area contributed by atoms with E-state index in [-0.39, 0.29) is 29.3 Å². The Labute approximate surface area is 166 Å². The van der Waals surface area contributed by atoms with Gasteiger partial charge in [0.2, 0.25) is 15.9 Å². The molecule has 1 atom stereocenters. The van der Waals surface area contributed by atoms with Crippen molar-refractivity contribution in [2.75, 3.05) is 13.1 Å². The molecule has 4 rings (SSSR count). The summed E-state index contributed by atoms with van der Waals surface area (Å²) in [5.74, 6) is -0.219. The summed E-state index contributed by atoms with van der Waals surface area (Å²) in [5.41, 5.74) is 1.01. The Morgan fingerprint density at radius 1 is 1.11 bits per heavy atom. The van der Waals surface area contributed by atoms with Crippen LogP contribution < -0.4 is 0 Å². The van der Waals surface area contributed by atoms with Gasteiger partial charge in [0, 0.05) is 38.1 Å². The van der Waals surface area contributed by atoms with Crippen molar-refractivity contribution in [3.05, 3.63) is 60.4 Å². The van der Waals surface area contributed by atoms with E-state index >= 15 is 0 Å². The summed E-state index contributed by atoms with van der Waals surface area (Å²) in [6.07, 6.45) is 6.98. The Kier molecular flexibility index (Phi) is 5.46. The number of benzene rings is 1. The van der Waals surface area contributed by atoms with E-state index in [2.05, 4.69) is 4.98 Å². The number of amides is 1. The largest absolute Gasteiger partial charge is 0.335 e. The summed E-state index contributed by atoms with van der Waals surface area (Å²) in [6, 6.07) is 12.6. The Morgan fingerprint density at radius 3 is 2.57 bits per heavy atom. The summed E-state index contributed by atoms with van der Waals surface area (Å²) in [6.45, 7) is 1.26. The van der Waals surface area contributed by atoms with Gasteiger partial charge in [0.05, 0.1) is 10.8 Å². The van der Waals surface area contributed by atoms with Crippen molar-refractivity contribution >= 4 is 15.9 Å². The van der Waals surface area contributed by atoms with E-state index in [0.717, 1.165) is 24.8 Å². The van der Waals surface area contributed by atoms with Crippen molar-refractivity contribution in [3.8, 4) is 0 Å². The fourth-order valence-electron chi connectivity index (χ4n) is 3.80. The molecule has 1 saturated heterocycles. The minimum Gasteiger partial charge on any atom is -0.335 e. The molecule has 1 aromatic heterocycles. The standard InChI is InChI=1S/C21H25N3O3S/c25-21(24(19-10-11-19)15-17-6-4-12-22-14-17)18-7-5-13-23(16-18)28(26,27)20-8-2-1-3-9-20/h1-4,6,8-9,12,14,18-19H,5,7,10-11,13,15-16H2. The van der Waals surface area contributed by atoms with Crippen LogP contribution in [0.15, 0.2) is 59.8 Å². The Bertz CT molecular complexity index is 914.